The van der Waals surface area contributed by atoms with Crippen LogP contribution in [0.3, 0.4) is 0 Å². The van der Waals surface area contributed by atoms with Gasteiger partial charge in [-0.1, -0.05) is 0 Å². The number of benzene rings is 1. The van der Waals surface area contributed by atoms with Gasteiger partial charge in [-0.2, -0.15) is 0 Å². The van der Waals surface area contributed by atoms with Gasteiger partial charge in [0, 0.05) is 51.6 Å². The first-order chi connectivity index (χ1) is 12.2. The Kier molecular flexibility index (Phi) is 4.50. The highest BCUT2D eigenvalue weighted by Crippen LogP contribution is 2.32. The maximum Gasteiger partial charge on any atom is 0.278 e. The first-order valence-electron chi connectivity index (χ1n) is 8.79. The molecule has 25 heavy (non-hydrogen) atoms. The molecule has 2 aliphatic rings. The fraction of sp³-hybridized carbons (Fsp3) is 0.500. The summed E-state index contributed by atoms with van der Waals surface area (Å²) in [6.45, 7) is 6.72. The van der Waals surface area contributed by atoms with Crippen molar-refractivity contribution < 1.29 is 9.66 Å². The van der Waals surface area contributed by atoms with Crippen molar-refractivity contribution >= 4 is 22.3 Å². The average molecular weight is 342 g/mol. The number of non-ortho nitro benzene ring substituents is 1. The third kappa shape index (κ3) is 3.29. The quantitative estimate of drug-likeness (QED) is 0.627. The van der Waals surface area contributed by atoms with E-state index < -0.39 is 0 Å². The first-order valence-corrected chi connectivity index (χ1v) is 8.79. The number of rotatable bonds is 4. The number of nitro benzene ring substituents is 1. The second-order valence-electron chi connectivity index (χ2n) is 6.78. The molecule has 0 N–H and O–H groups in total. The lowest BCUT2D eigenvalue weighted by Crippen LogP contribution is -2.48. The topological polar surface area (TPSA) is 71.7 Å². The van der Waals surface area contributed by atoms with E-state index in [2.05, 4.69) is 14.8 Å². The van der Waals surface area contributed by atoms with Crippen molar-refractivity contribution in [3.8, 4) is 0 Å². The van der Waals surface area contributed by atoms with Crippen LogP contribution in [-0.4, -0.2) is 60.7 Å². The summed E-state index contributed by atoms with van der Waals surface area (Å²) in [5.41, 5.74) is 1.83. The van der Waals surface area contributed by atoms with Crippen molar-refractivity contribution in [1.29, 1.82) is 0 Å². The summed E-state index contributed by atoms with van der Waals surface area (Å²) in [6, 6.07) is 6.97. The minimum atomic E-state index is -0.338. The number of hydrogen-bond acceptors (Lipinski definition) is 6. The van der Waals surface area contributed by atoms with Crippen molar-refractivity contribution in [3.05, 3.63) is 40.6 Å². The molecule has 2 saturated heterocycles. The van der Waals surface area contributed by atoms with Crippen molar-refractivity contribution in [2.45, 2.75) is 6.42 Å². The lowest BCUT2D eigenvalue weighted by Gasteiger charge is -2.37. The van der Waals surface area contributed by atoms with Crippen LogP contribution in [0.25, 0.3) is 10.9 Å². The number of hydrogen-bond donors (Lipinski definition) is 0. The zero-order valence-corrected chi connectivity index (χ0v) is 14.1. The molecule has 1 unspecified atom stereocenters. The number of pyridine rings is 1. The van der Waals surface area contributed by atoms with Gasteiger partial charge in [0.05, 0.1) is 22.6 Å². The maximum atomic E-state index is 11.3. The van der Waals surface area contributed by atoms with Crippen LogP contribution in [0.4, 0.5) is 11.4 Å². The molecule has 0 bridgehead atoms. The molecule has 1 atom stereocenters. The first kappa shape index (κ1) is 16.2. The van der Waals surface area contributed by atoms with Gasteiger partial charge in [0.1, 0.15) is 5.52 Å². The van der Waals surface area contributed by atoms with Gasteiger partial charge in [-0.25, -0.2) is 0 Å². The molecule has 7 nitrogen and oxygen atoms in total. The molecule has 2 fully saturated rings. The smallest absolute Gasteiger partial charge is 0.278 e. The standard InChI is InChI=1S/C18H22N4O3/c23-22(24)16-3-4-17(18-15(16)2-1-6-19-18)21-9-7-20(8-10-21)12-14-5-11-25-13-14/h1-4,6,14H,5,7-13H2. The zero-order valence-electron chi connectivity index (χ0n) is 14.1. The lowest BCUT2D eigenvalue weighted by atomic mass is 10.1. The molecule has 0 saturated carbocycles. The Morgan fingerprint density at radius 2 is 2.08 bits per heavy atom. The normalized spacial score (nSPS) is 21.8. The van der Waals surface area contributed by atoms with Crippen LogP contribution >= 0.6 is 0 Å². The molecule has 0 aliphatic carbocycles. The zero-order chi connectivity index (χ0) is 17.2. The van der Waals surface area contributed by atoms with E-state index in [1.807, 2.05) is 6.07 Å². The molecular weight excluding hydrogens is 320 g/mol. The van der Waals surface area contributed by atoms with Gasteiger partial charge < -0.3 is 9.64 Å². The molecular formula is C18H22N4O3. The molecule has 4 rings (SSSR count). The van der Waals surface area contributed by atoms with E-state index in [1.165, 1.54) is 0 Å². The molecule has 132 valence electrons. The van der Waals surface area contributed by atoms with E-state index in [0.29, 0.717) is 16.8 Å². The highest BCUT2D eigenvalue weighted by atomic mass is 16.6. The molecule has 2 aliphatic heterocycles. The largest absolute Gasteiger partial charge is 0.381 e. The van der Waals surface area contributed by atoms with Gasteiger partial charge in [-0.05, 0) is 30.5 Å². The Morgan fingerprint density at radius 1 is 1.24 bits per heavy atom. The van der Waals surface area contributed by atoms with Crippen LogP contribution < -0.4 is 4.90 Å². The Morgan fingerprint density at radius 3 is 2.80 bits per heavy atom. The summed E-state index contributed by atoms with van der Waals surface area (Å²) in [5.74, 6) is 0.661. The Bertz CT molecular complexity index is 768. The fourth-order valence-corrected chi connectivity index (χ4v) is 3.82. The van der Waals surface area contributed by atoms with Crippen molar-refractivity contribution in [1.82, 2.24) is 9.88 Å². The molecule has 7 heteroatoms. The molecule has 0 spiro atoms. The van der Waals surface area contributed by atoms with Crippen LogP contribution in [0.15, 0.2) is 30.5 Å². The van der Waals surface area contributed by atoms with Gasteiger partial charge in [0.25, 0.3) is 5.69 Å². The Labute approximate surface area is 146 Å². The summed E-state index contributed by atoms with van der Waals surface area (Å²) in [7, 11) is 0. The van der Waals surface area contributed by atoms with E-state index in [-0.39, 0.29) is 10.6 Å². The Balaban J connectivity index is 1.51. The predicted octanol–water partition coefficient (Wildman–Crippen LogP) is 2.30. The second kappa shape index (κ2) is 6.93. The predicted molar refractivity (Wildman–Crippen MR) is 96.0 cm³/mol. The van der Waals surface area contributed by atoms with E-state index in [9.17, 15) is 10.1 Å². The highest BCUT2D eigenvalue weighted by Gasteiger charge is 2.25. The average Bonchev–Trinajstić information content (AvgIpc) is 3.14. The van der Waals surface area contributed by atoms with Gasteiger partial charge >= 0.3 is 0 Å². The van der Waals surface area contributed by atoms with Gasteiger partial charge in [0.2, 0.25) is 0 Å². The van der Waals surface area contributed by atoms with E-state index in [4.69, 9.17) is 4.74 Å². The van der Waals surface area contributed by atoms with Gasteiger partial charge in [-0.15, -0.1) is 0 Å². The third-order valence-electron chi connectivity index (χ3n) is 5.18. The SMILES string of the molecule is O=[N+]([O-])c1ccc(N2CCN(CC3CCOC3)CC2)c2ncccc12. The minimum Gasteiger partial charge on any atom is -0.381 e. The molecule has 3 heterocycles. The van der Waals surface area contributed by atoms with Crippen molar-refractivity contribution in [2.24, 2.45) is 5.92 Å². The number of nitrogens with zero attached hydrogens (tertiary/aromatic N) is 4. The van der Waals surface area contributed by atoms with E-state index in [1.54, 1.807) is 24.4 Å². The van der Waals surface area contributed by atoms with E-state index >= 15 is 0 Å². The van der Waals surface area contributed by atoms with Gasteiger partial charge in [0.15, 0.2) is 0 Å². The molecule has 1 aromatic heterocycles. The number of aromatic nitrogens is 1. The van der Waals surface area contributed by atoms with Crippen LogP contribution in [0.1, 0.15) is 6.42 Å². The minimum absolute atomic E-state index is 0.117. The maximum absolute atomic E-state index is 11.3. The molecule has 1 aromatic carbocycles. The van der Waals surface area contributed by atoms with Crippen LogP contribution in [0.5, 0.6) is 0 Å². The number of fused-ring (bicyclic) bond motifs is 1. The fourth-order valence-electron chi connectivity index (χ4n) is 3.82. The van der Waals surface area contributed by atoms with Crippen molar-refractivity contribution in [3.63, 3.8) is 0 Å². The van der Waals surface area contributed by atoms with Gasteiger partial charge in [-0.3, -0.25) is 20.0 Å². The summed E-state index contributed by atoms with van der Waals surface area (Å²) >= 11 is 0. The lowest BCUT2D eigenvalue weighted by molar-refractivity contribution is -0.383. The summed E-state index contributed by atoms with van der Waals surface area (Å²) in [4.78, 5) is 20.1. The van der Waals surface area contributed by atoms with Crippen LogP contribution in [0, 0.1) is 16.0 Å². The van der Waals surface area contributed by atoms with Crippen LogP contribution in [0.2, 0.25) is 0 Å². The summed E-state index contributed by atoms with van der Waals surface area (Å²) < 4.78 is 5.47. The summed E-state index contributed by atoms with van der Waals surface area (Å²) in [6.07, 6.45) is 2.86. The number of nitro groups is 1. The molecule has 0 radical (unpaired) electrons. The summed E-state index contributed by atoms with van der Waals surface area (Å²) in [5, 5.41) is 11.9. The number of anilines is 1. The monoisotopic (exact) mass is 342 g/mol. The highest BCUT2D eigenvalue weighted by molar-refractivity contribution is 5.97. The molecule has 0 amide bonds. The molecule has 2 aromatic rings. The second-order valence-corrected chi connectivity index (χ2v) is 6.78. The number of piperazine rings is 1. The van der Waals surface area contributed by atoms with Crippen LogP contribution in [-0.2, 0) is 4.74 Å². The Hall–Kier alpha value is -2.25. The van der Waals surface area contributed by atoms with Crippen molar-refractivity contribution in [2.75, 3.05) is 50.8 Å². The van der Waals surface area contributed by atoms with E-state index in [0.717, 1.165) is 58.0 Å². The number of ether oxygens (including phenoxy) is 1. The third-order valence-corrected chi connectivity index (χ3v) is 5.18.